The van der Waals surface area contributed by atoms with E-state index in [-0.39, 0.29) is 5.79 Å². The predicted molar refractivity (Wildman–Crippen MR) is 185 cm³/mol. The Morgan fingerprint density at radius 1 is 0.400 bits per heavy atom. The van der Waals surface area contributed by atoms with E-state index in [1.165, 1.54) is 167 Å². The van der Waals surface area contributed by atoms with Gasteiger partial charge in [-0.15, -0.1) is 0 Å². The van der Waals surface area contributed by atoms with Gasteiger partial charge in [-0.1, -0.05) is 187 Å². The summed E-state index contributed by atoms with van der Waals surface area (Å²) in [5.41, 5.74) is 0. The first-order valence-corrected chi connectivity index (χ1v) is 20.4. The average Bonchev–Trinajstić information content (AvgIpc) is 3.31. The number of alkyl halides is 2. The highest BCUT2D eigenvalue weighted by Gasteiger charge is 2.45. The molecule has 1 rings (SSSR count). The molecule has 0 saturated carbocycles. The van der Waals surface area contributed by atoms with Crippen molar-refractivity contribution >= 4 is 31.9 Å². The van der Waals surface area contributed by atoms with Crippen LogP contribution >= 0.6 is 31.9 Å². The van der Waals surface area contributed by atoms with Crippen LogP contribution in [0.25, 0.3) is 0 Å². The molecule has 0 bridgehead atoms. The molecule has 0 aliphatic carbocycles. The predicted octanol–water partition coefficient (Wildman–Crippen LogP) is 13.6. The van der Waals surface area contributed by atoms with Gasteiger partial charge in [0.05, 0.1) is 12.2 Å². The van der Waals surface area contributed by atoms with Crippen molar-refractivity contribution in [2.75, 3.05) is 10.7 Å². The SMILES string of the molecule is CCCCCCCCCCCCCCC1(CCCBr)O[C@@H](CCCCCCCC)[C@H](CCCCCCCCBr)O1. The Kier molecular flexibility index (Phi) is 27.9. The molecule has 1 unspecified atom stereocenters. The summed E-state index contributed by atoms with van der Waals surface area (Å²) in [6, 6.07) is 0. The van der Waals surface area contributed by atoms with Crippen LogP contribution in [0.2, 0.25) is 0 Å². The number of halogens is 2. The minimum Gasteiger partial charge on any atom is -0.344 e. The van der Waals surface area contributed by atoms with Crippen LogP contribution in [0.4, 0.5) is 0 Å². The van der Waals surface area contributed by atoms with Crippen molar-refractivity contribution in [3.63, 3.8) is 0 Å². The first-order chi connectivity index (χ1) is 19.7. The second kappa shape index (κ2) is 28.6. The van der Waals surface area contributed by atoms with Gasteiger partial charge in [-0.25, -0.2) is 0 Å². The lowest BCUT2D eigenvalue weighted by atomic mass is 10.00. The van der Waals surface area contributed by atoms with Crippen LogP contribution in [0.3, 0.4) is 0 Å². The topological polar surface area (TPSA) is 18.5 Å². The summed E-state index contributed by atoms with van der Waals surface area (Å²) in [6.45, 7) is 4.61. The van der Waals surface area contributed by atoms with Gasteiger partial charge in [-0.3, -0.25) is 0 Å². The molecule has 240 valence electrons. The molecule has 0 aromatic rings. The second-order valence-corrected chi connectivity index (χ2v) is 14.4. The van der Waals surface area contributed by atoms with Gasteiger partial charge in [0.1, 0.15) is 0 Å². The van der Waals surface area contributed by atoms with E-state index in [0.29, 0.717) is 12.2 Å². The van der Waals surface area contributed by atoms with E-state index in [2.05, 4.69) is 45.7 Å². The van der Waals surface area contributed by atoms with Crippen molar-refractivity contribution in [1.29, 1.82) is 0 Å². The Labute approximate surface area is 268 Å². The fourth-order valence-corrected chi connectivity index (χ4v) is 7.10. The number of hydrogen-bond donors (Lipinski definition) is 0. The van der Waals surface area contributed by atoms with Crippen LogP contribution in [0.15, 0.2) is 0 Å². The van der Waals surface area contributed by atoms with E-state index in [4.69, 9.17) is 9.47 Å². The third-order valence-electron chi connectivity index (χ3n) is 8.96. The highest BCUT2D eigenvalue weighted by atomic mass is 79.9. The van der Waals surface area contributed by atoms with E-state index in [1.54, 1.807) is 0 Å². The lowest BCUT2D eigenvalue weighted by Crippen LogP contribution is -2.31. The molecule has 0 amide bonds. The molecule has 4 heteroatoms. The monoisotopic (exact) mass is 692 g/mol. The van der Waals surface area contributed by atoms with E-state index < -0.39 is 0 Å². The van der Waals surface area contributed by atoms with E-state index in [1.807, 2.05) is 0 Å². The second-order valence-electron chi connectivity index (χ2n) is 12.8. The Morgan fingerprint density at radius 3 is 1.12 bits per heavy atom. The number of rotatable bonds is 31. The van der Waals surface area contributed by atoms with Gasteiger partial charge in [0.2, 0.25) is 0 Å². The Hall–Kier alpha value is 0.880. The Bertz CT molecular complexity index is 517. The average molecular weight is 695 g/mol. The van der Waals surface area contributed by atoms with Crippen molar-refractivity contribution in [3.8, 4) is 0 Å². The largest absolute Gasteiger partial charge is 0.344 e. The number of ether oxygens (including phenoxy) is 2. The molecule has 1 aliphatic rings. The summed E-state index contributed by atoms with van der Waals surface area (Å²) in [5.74, 6) is -0.320. The molecular formula is C36H70Br2O2. The highest BCUT2D eigenvalue weighted by Crippen LogP contribution is 2.40. The van der Waals surface area contributed by atoms with Crippen LogP contribution in [0.5, 0.6) is 0 Å². The summed E-state index contributed by atoms with van der Waals surface area (Å²) in [4.78, 5) is 0. The first-order valence-electron chi connectivity index (χ1n) is 18.2. The van der Waals surface area contributed by atoms with Gasteiger partial charge >= 0.3 is 0 Å². The normalized spacial score (nSPS) is 21.0. The van der Waals surface area contributed by atoms with E-state index >= 15 is 0 Å². The van der Waals surface area contributed by atoms with Crippen molar-refractivity contribution < 1.29 is 9.47 Å². The lowest BCUT2D eigenvalue weighted by Gasteiger charge is -2.28. The smallest absolute Gasteiger partial charge is 0.169 e. The van der Waals surface area contributed by atoms with Gasteiger partial charge < -0.3 is 9.47 Å². The molecule has 1 aliphatic heterocycles. The minimum atomic E-state index is -0.320. The molecule has 2 nitrogen and oxygen atoms in total. The maximum atomic E-state index is 6.96. The van der Waals surface area contributed by atoms with Gasteiger partial charge in [0.25, 0.3) is 0 Å². The van der Waals surface area contributed by atoms with Crippen LogP contribution in [0, 0.1) is 0 Å². The molecule has 0 aromatic carbocycles. The van der Waals surface area contributed by atoms with Crippen molar-refractivity contribution in [2.45, 2.75) is 218 Å². The van der Waals surface area contributed by atoms with Gasteiger partial charge in [-0.05, 0) is 32.1 Å². The zero-order valence-electron chi connectivity index (χ0n) is 27.1. The standard InChI is InChI=1S/C36H70Br2O2/c1-3-5-7-9-11-12-13-14-15-17-21-25-30-36(31-27-33-38)39-34(28-23-19-10-8-6-4-2)35(40-36)29-24-20-16-18-22-26-32-37/h34-35H,3-33H2,1-2H3/t34-,35-,36?/m0/s1. The van der Waals surface area contributed by atoms with Crippen LogP contribution < -0.4 is 0 Å². The fourth-order valence-electron chi connectivity index (χ4n) is 6.43. The third kappa shape index (κ3) is 20.7. The van der Waals surface area contributed by atoms with Crippen LogP contribution in [0.1, 0.15) is 200 Å². The van der Waals surface area contributed by atoms with Crippen molar-refractivity contribution in [1.82, 2.24) is 0 Å². The zero-order valence-corrected chi connectivity index (χ0v) is 30.3. The fraction of sp³-hybridized carbons (Fsp3) is 1.00. The summed E-state index contributed by atoms with van der Waals surface area (Å²) in [7, 11) is 0. The Morgan fingerprint density at radius 2 is 0.725 bits per heavy atom. The van der Waals surface area contributed by atoms with E-state index in [9.17, 15) is 0 Å². The van der Waals surface area contributed by atoms with Gasteiger partial charge in [-0.2, -0.15) is 0 Å². The Balaban J connectivity index is 2.45. The lowest BCUT2D eigenvalue weighted by molar-refractivity contribution is -0.186. The molecule has 0 aromatic heterocycles. The molecule has 0 spiro atoms. The summed E-state index contributed by atoms with van der Waals surface area (Å²) >= 11 is 7.25. The molecule has 1 saturated heterocycles. The molecule has 0 radical (unpaired) electrons. The minimum absolute atomic E-state index is 0.311. The molecule has 3 atom stereocenters. The number of unbranched alkanes of at least 4 members (excludes halogenated alkanes) is 21. The van der Waals surface area contributed by atoms with Crippen LogP contribution in [-0.2, 0) is 9.47 Å². The first kappa shape index (κ1) is 38.9. The van der Waals surface area contributed by atoms with E-state index in [0.717, 1.165) is 29.9 Å². The summed E-state index contributed by atoms with van der Waals surface area (Å²) in [5, 5.41) is 2.19. The van der Waals surface area contributed by atoms with Crippen LogP contribution in [-0.4, -0.2) is 28.7 Å². The zero-order chi connectivity index (χ0) is 29.0. The maximum absolute atomic E-state index is 6.96. The highest BCUT2D eigenvalue weighted by molar-refractivity contribution is 9.09. The van der Waals surface area contributed by atoms with Crippen molar-refractivity contribution in [2.24, 2.45) is 0 Å². The maximum Gasteiger partial charge on any atom is 0.169 e. The summed E-state index contributed by atoms with van der Waals surface area (Å²) in [6.07, 6.45) is 39.3. The van der Waals surface area contributed by atoms with Crippen molar-refractivity contribution in [3.05, 3.63) is 0 Å². The molecular weight excluding hydrogens is 624 g/mol. The van der Waals surface area contributed by atoms with Gasteiger partial charge in [0.15, 0.2) is 5.79 Å². The molecule has 1 fully saturated rings. The number of hydrogen-bond acceptors (Lipinski definition) is 2. The molecule has 1 heterocycles. The van der Waals surface area contributed by atoms with Gasteiger partial charge in [0, 0.05) is 23.5 Å². The molecule has 40 heavy (non-hydrogen) atoms. The quantitative estimate of drug-likeness (QED) is 0.0531. The third-order valence-corrected chi connectivity index (χ3v) is 10.1. The molecule has 0 N–H and O–H groups in total. The summed E-state index contributed by atoms with van der Waals surface area (Å²) < 4.78 is 13.9.